The number of halogens is 2. The number of ether oxygens (including phenoxy) is 2. The van der Waals surface area contributed by atoms with Crippen LogP contribution < -0.4 is 16.0 Å². The summed E-state index contributed by atoms with van der Waals surface area (Å²) in [5.41, 5.74) is 8.33. The van der Waals surface area contributed by atoms with E-state index in [0.717, 1.165) is 18.5 Å². The fourth-order valence-electron chi connectivity index (χ4n) is 6.75. The lowest BCUT2D eigenvalue weighted by Crippen LogP contribution is -2.57. The quantitative estimate of drug-likeness (QED) is 0.252. The number of rotatable bonds is 10. The van der Waals surface area contributed by atoms with Crippen molar-refractivity contribution in [2.75, 3.05) is 49.0 Å². The van der Waals surface area contributed by atoms with E-state index in [1.807, 2.05) is 13.0 Å². The first-order chi connectivity index (χ1) is 22.0. The number of hydrogen-bond acceptors (Lipinski definition) is 10. The highest BCUT2D eigenvalue weighted by Gasteiger charge is 2.37. The lowest BCUT2D eigenvalue weighted by Gasteiger charge is -2.42. The summed E-state index contributed by atoms with van der Waals surface area (Å²) in [6.07, 6.45) is 9.17. The van der Waals surface area contributed by atoms with Crippen molar-refractivity contribution in [3.63, 3.8) is 0 Å². The minimum Gasteiger partial charge on any atom is -0.375 e. The average molecular weight is 656 g/mol. The van der Waals surface area contributed by atoms with Crippen molar-refractivity contribution in [1.29, 1.82) is 0 Å². The fraction of sp³-hybridized carbons (Fsp3) is 0.469. The van der Waals surface area contributed by atoms with Gasteiger partial charge in [0.15, 0.2) is 0 Å². The van der Waals surface area contributed by atoms with Crippen LogP contribution >= 0.6 is 0 Å². The third-order valence-corrected chi connectivity index (χ3v) is 9.99. The van der Waals surface area contributed by atoms with Gasteiger partial charge >= 0.3 is 0 Å². The lowest BCUT2D eigenvalue weighted by molar-refractivity contribution is -0.00915. The molecule has 0 amide bonds. The van der Waals surface area contributed by atoms with Gasteiger partial charge in [0, 0.05) is 44.6 Å². The second kappa shape index (κ2) is 12.8. The molecule has 46 heavy (non-hydrogen) atoms. The zero-order chi connectivity index (χ0) is 32.6. The van der Waals surface area contributed by atoms with Crippen LogP contribution in [0.2, 0.25) is 0 Å². The topological polar surface area (TPSA) is 137 Å². The number of benzene rings is 1. The first kappa shape index (κ1) is 32.2. The number of sulfone groups is 1. The van der Waals surface area contributed by atoms with E-state index < -0.39 is 27.1 Å². The molecule has 1 saturated carbocycles. The second-order valence-corrected chi connectivity index (χ2v) is 14.6. The minimum atomic E-state index is -3.14. The van der Waals surface area contributed by atoms with Gasteiger partial charge in [-0.2, -0.15) is 9.61 Å². The van der Waals surface area contributed by atoms with Crippen molar-refractivity contribution < 1.29 is 26.7 Å². The average Bonchev–Trinajstić information content (AvgIpc) is 3.66. The van der Waals surface area contributed by atoms with Crippen molar-refractivity contribution in [3.8, 4) is 11.3 Å². The summed E-state index contributed by atoms with van der Waals surface area (Å²) in [7, 11) is -1.55. The first-order valence-electron chi connectivity index (χ1n) is 15.4. The summed E-state index contributed by atoms with van der Waals surface area (Å²) in [5, 5.41) is 7.87. The monoisotopic (exact) mass is 655 g/mol. The number of nitrogens with two attached hydrogens (primary N) is 1. The van der Waals surface area contributed by atoms with Crippen LogP contribution in [0.1, 0.15) is 38.2 Å². The van der Waals surface area contributed by atoms with Crippen LogP contribution in [-0.2, 0) is 24.9 Å². The fourth-order valence-corrected chi connectivity index (χ4v) is 7.14. The minimum absolute atomic E-state index is 0.0180. The van der Waals surface area contributed by atoms with Crippen LogP contribution in [0.3, 0.4) is 0 Å². The maximum Gasteiger partial charge on any atom is 0.229 e. The maximum atomic E-state index is 15.6. The van der Waals surface area contributed by atoms with E-state index in [0.29, 0.717) is 48.6 Å². The predicted molar refractivity (Wildman–Crippen MR) is 172 cm³/mol. The van der Waals surface area contributed by atoms with Gasteiger partial charge in [-0.25, -0.2) is 22.2 Å². The number of fused-ring (bicyclic) bond motifs is 1. The zero-order valence-electron chi connectivity index (χ0n) is 26.1. The van der Waals surface area contributed by atoms with Gasteiger partial charge in [-0.05, 0) is 48.7 Å². The highest BCUT2D eigenvalue weighted by atomic mass is 32.2. The Kier molecular flexibility index (Phi) is 8.98. The SMILES string of the molecule is COC1(c2cc(F)c(-c3ccc4cnc(Nc5cnccc5N5CC(C)C(OCCS(C)(=O)=O)C(N)C5)n4n3)c(F)c2)CCCC1. The predicted octanol–water partition coefficient (Wildman–Crippen LogP) is 4.44. The second-order valence-electron chi connectivity index (χ2n) is 12.4. The Morgan fingerprint density at radius 3 is 2.52 bits per heavy atom. The highest BCUT2D eigenvalue weighted by Crippen LogP contribution is 2.43. The van der Waals surface area contributed by atoms with Crippen molar-refractivity contribution in [1.82, 2.24) is 19.6 Å². The summed E-state index contributed by atoms with van der Waals surface area (Å²) in [6.45, 7) is 3.19. The smallest absolute Gasteiger partial charge is 0.229 e. The molecule has 14 heteroatoms. The molecule has 11 nitrogen and oxygen atoms in total. The Hall–Kier alpha value is -3.72. The molecule has 1 aliphatic heterocycles. The molecule has 2 aliphatic rings. The van der Waals surface area contributed by atoms with Gasteiger partial charge in [0.2, 0.25) is 5.95 Å². The number of hydrogen-bond donors (Lipinski definition) is 2. The molecule has 4 aromatic rings. The van der Waals surface area contributed by atoms with Gasteiger partial charge in [0.05, 0.1) is 64.6 Å². The van der Waals surface area contributed by atoms with Gasteiger partial charge < -0.3 is 25.4 Å². The Labute approximate surface area is 267 Å². The first-order valence-corrected chi connectivity index (χ1v) is 17.4. The van der Waals surface area contributed by atoms with E-state index in [4.69, 9.17) is 15.2 Å². The number of pyridine rings is 1. The van der Waals surface area contributed by atoms with E-state index in [9.17, 15) is 8.42 Å². The molecule has 3 atom stereocenters. The third kappa shape index (κ3) is 6.43. The van der Waals surface area contributed by atoms with Gasteiger partial charge in [0.1, 0.15) is 21.5 Å². The van der Waals surface area contributed by atoms with Crippen LogP contribution in [0.4, 0.5) is 26.1 Å². The van der Waals surface area contributed by atoms with Crippen molar-refractivity contribution >= 4 is 32.7 Å². The van der Waals surface area contributed by atoms with Crippen molar-refractivity contribution in [3.05, 3.63) is 66.1 Å². The van der Waals surface area contributed by atoms with Crippen molar-refractivity contribution in [2.24, 2.45) is 11.7 Å². The number of aromatic nitrogens is 4. The molecule has 3 aromatic heterocycles. The highest BCUT2D eigenvalue weighted by molar-refractivity contribution is 7.90. The van der Waals surface area contributed by atoms with Gasteiger partial charge in [-0.3, -0.25) is 4.98 Å². The molecular weight excluding hydrogens is 616 g/mol. The van der Waals surface area contributed by atoms with Gasteiger partial charge in [0.25, 0.3) is 0 Å². The summed E-state index contributed by atoms with van der Waals surface area (Å²) in [6, 6.07) is 7.51. The van der Waals surface area contributed by atoms with Gasteiger partial charge in [-0.1, -0.05) is 19.8 Å². The van der Waals surface area contributed by atoms with Crippen LogP contribution in [0.15, 0.2) is 48.9 Å². The van der Waals surface area contributed by atoms with E-state index in [2.05, 4.69) is 25.3 Å². The van der Waals surface area contributed by atoms with Crippen molar-refractivity contribution in [2.45, 2.75) is 50.4 Å². The zero-order valence-corrected chi connectivity index (χ0v) is 26.9. The van der Waals surface area contributed by atoms with E-state index in [1.165, 1.54) is 22.9 Å². The number of imidazole rings is 1. The molecule has 1 aliphatic carbocycles. The van der Waals surface area contributed by atoms with E-state index in [-0.39, 0.29) is 41.7 Å². The Morgan fingerprint density at radius 2 is 1.85 bits per heavy atom. The molecule has 1 saturated heterocycles. The molecule has 3 N–H and O–H groups in total. The van der Waals surface area contributed by atoms with Crippen LogP contribution in [0.25, 0.3) is 16.8 Å². The van der Waals surface area contributed by atoms with Crippen LogP contribution in [-0.4, -0.2) is 79.0 Å². The normalized spacial score (nSPS) is 21.6. The Bertz CT molecular complexity index is 1800. The molecular formula is C32H39F2N7O4S. The summed E-state index contributed by atoms with van der Waals surface area (Å²) in [5.74, 6) is -1.11. The number of nitrogens with zero attached hydrogens (tertiary/aromatic N) is 5. The third-order valence-electron chi connectivity index (χ3n) is 9.08. The molecule has 4 heterocycles. The molecule has 0 spiro atoms. The summed E-state index contributed by atoms with van der Waals surface area (Å²) in [4.78, 5) is 10.9. The van der Waals surface area contributed by atoms with Crippen LogP contribution in [0, 0.1) is 17.6 Å². The van der Waals surface area contributed by atoms with Gasteiger partial charge in [-0.15, -0.1) is 0 Å². The lowest BCUT2D eigenvalue weighted by atomic mass is 9.90. The maximum absolute atomic E-state index is 15.6. The molecule has 2 fully saturated rings. The number of methoxy groups -OCH3 is 1. The number of nitrogens with one attached hydrogen (secondary N) is 1. The summed E-state index contributed by atoms with van der Waals surface area (Å²) >= 11 is 0. The Balaban J connectivity index is 1.25. The summed E-state index contributed by atoms with van der Waals surface area (Å²) < 4.78 is 67.4. The molecule has 246 valence electrons. The number of anilines is 3. The molecule has 0 radical (unpaired) electrons. The molecule has 6 rings (SSSR count). The Morgan fingerprint density at radius 1 is 1.11 bits per heavy atom. The molecule has 3 unspecified atom stereocenters. The molecule has 0 bridgehead atoms. The number of piperidine rings is 1. The standard InChI is InChI=1S/C32H39F2N7O4S/c1-20-18-40(19-25(35)30(20)45-12-13-46(3,42)43)28-8-11-36-17-27(28)38-31-37-16-22-6-7-26(39-41(22)31)29-23(33)14-21(15-24(29)34)32(44-2)9-4-5-10-32/h6-8,11,14-17,20,25,30H,4-5,9-10,12-13,18-19,35H2,1-3H3,(H,37,38). The van der Waals surface area contributed by atoms with Crippen LogP contribution in [0.5, 0.6) is 0 Å². The molecule has 1 aromatic carbocycles. The van der Waals surface area contributed by atoms with E-state index in [1.54, 1.807) is 37.8 Å². The largest absolute Gasteiger partial charge is 0.375 e. The van der Waals surface area contributed by atoms with E-state index >= 15 is 8.78 Å².